The lowest BCUT2D eigenvalue weighted by molar-refractivity contribution is -0.148. The van der Waals surface area contributed by atoms with Crippen molar-refractivity contribution in [3.05, 3.63) is 24.2 Å². The zero-order chi connectivity index (χ0) is 13.1. The van der Waals surface area contributed by atoms with Crippen molar-refractivity contribution in [2.24, 2.45) is 11.8 Å². The zero-order valence-corrected chi connectivity index (χ0v) is 10.3. The average Bonchev–Trinajstić information content (AvgIpc) is 2.97. The lowest BCUT2D eigenvalue weighted by atomic mass is 9.95. The Balaban J connectivity index is 1.99. The first kappa shape index (κ1) is 12.7. The molecule has 1 heterocycles. The summed E-state index contributed by atoms with van der Waals surface area (Å²) in [6.07, 6.45) is 5.24. The Bertz CT molecular complexity index is 426. The molecule has 0 aliphatic heterocycles. The fourth-order valence-corrected chi connectivity index (χ4v) is 2.57. The molecule has 1 aromatic rings. The second-order valence-electron chi connectivity index (χ2n) is 4.81. The summed E-state index contributed by atoms with van der Waals surface area (Å²) in [5, 5.41) is 9.09. The number of amides is 1. The molecule has 5 nitrogen and oxygen atoms in total. The quantitative estimate of drug-likeness (QED) is 0.884. The molecule has 1 aromatic heterocycles. The van der Waals surface area contributed by atoms with Crippen LogP contribution in [-0.2, 0) is 16.1 Å². The first-order valence-corrected chi connectivity index (χ1v) is 6.08. The lowest BCUT2D eigenvalue weighted by Crippen LogP contribution is -2.36. The molecule has 0 aromatic carbocycles. The van der Waals surface area contributed by atoms with Crippen LogP contribution in [0, 0.1) is 11.8 Å². The van der Waals surface area contributed by atoms with E-state index in [9.17, 15) is 9.59 Å². The van der Waals surface area contributed by atoms with Gasteiger partial charge in [0.05, 0.1) is 24.4 Å². The van der Waals surface area contributed by atoms with Crippen molar-refractivity contribution in [3.63, 3.8) is 0 Å². The Hall–Kier alpha value is -1.78. The Labute approximate surface area is 105 Å². The van der Waals surface area contributed by atoms with E-state index in [2.05, 4.69) is 0 Å². The number of carbonyl (C=O) groups is 2. The first-order chi connectivity index (χ1) is 8.59. The molecular weight excluding hydrogens is 234 g/mol. The molecular formula is C13H17NO4. The molecule has 2 atom stereocenters. The van der Waals surface area contributed by atoms with Crippen LogP contribution < -0.4 is 0 Å². The van der Waals surface area contributed by atoms with E-state index in [4.69, 9.17) is 9.52 Å². The van der Waals surface area contributed by atoms with Crippen molar-refractivity contribution >= 4 is 11.9 Å². The minimum absolute atomic E-state index is 0.0823. The van der Waals surface area contributed by atoms with Crippen LogP contribution in [-0.4, -0.2) is 28.9 Å². The normalized spacial score (nSPS) is 22.9. The molecule has 1 saturated carbocycles. The largest absolute Gasteiger partial charge is 0.481 e. The monoisotopic (exact) mass is 251 g/mol. The van der Waals surface area contributed by atoms with E-state index >= 15 is 0 Å². The van der Waals surface area contributed by atoms with E-state index in [1.807, 2.05) is 0 Å². The molecule has 18 heavy (non-hydrogen) atoms. The van der Waals surface area contributed by atoms with Gasteiger partial charge in [0.25, 0.3) is 0 Å². The smallest absolute Gasteiger partial charge is 0.307 e. The molecule has 1 N–H and O–H groups in total. The minimum atomic E-state index is -0.859. The Morgan fingerprint density at radius 3 is 2.78 bits per heavy atom. The molecule has 0 spiro atoms. The molecule has 1 fully saturated rings. The third-order valence-electron chi connectivity index (χ3n) is 3.53. The second kappa shape index (κ2) is 5.25. The fourth-order valence-electron chi connectivity index (χ4n) is 2.57. The van der Waals surface area contributed by atoms with Gasteiger partial charge in [0.15, 0.2) is 0 Å². The predicted molar refractivity (Wildman–Crippen MR) is 63.6 cm³/mol. The number of furan rings is 1. The highest BCUT2D eigenvalue weighted by atomic mass is 16.4. The topological polar surface area (TPSA) is 70.8 Å². The summed E-state index contributed by atoms with van der Waals surface area (Å²) >= 11 is 0. The predicted octanol–water partition coefficient (Wildman–Crippen LogP) is 1.74. The van der Waals surface area contributed by atoms with Crippen LogP contribution in [0.25, 0.3) is 0 Å². The van der Waals surface area contributed by atoms with Crippen LogP contribution >= 0.6 is 0 Å². The fraction of sp³-hybridized carbons (Fsp3) is 0.538. The molecule has 1 aliphatic rings. The number of carboxylic acids is 1. The molecule has 1 aliphatic carbocycles. The number of carbonyl (C=O) groups excluding carboxylic acids is 1. The molecule has 1 amide bonds. The van der Waals surface area contributed by atoms with Gasteiger partial charge in [-0.2, -0.15) is 0 Å². The van der Waals surface area contributed by atoms with Crippen molar-refractivity contribution in [3.8, 4) is 0 Å². The molecule has 2 rings (SSSR count). The van der Waals surface area contributed by atoms with Crippen molar-refractivity contribution < 1.29 is 19.1 Å². The van der Waals surface area contributed by atoms with Crippen molar-refractivity contribution in [1.82, 2.24) is 4.90 Å². The highest BCUT2D eigenvalue weighted by Gasteiger charge is 2.38. The van der Waals surface area contributed by atoms with E-state index < -0.39 is 11.9 Å². The van der Waals surface area contributed by atoms with Gasteiger partial charge < -0.3 is 14.4 Å². The molecule has 98 valence electrons. The van der Waals surface area contributed by atoms with Crippen LogP contribution in [0.2, 0.25) is 0 Å². The third-order valence-corrected chi connectivity index (χ3v) is 3.53. The van der Waals surface area contributed by atoms with Crippen LogP contribution in [0.15, 0.2) is 23.0 Å². The lowest BCUT2D eigenvalue weighted by Gasteiger charge is -2.22. The summed E-state index contributed by atoms with van der Waals surface area (Å²) in [7, 11) is 1.70. The number of carboxylic acid groups (broad SMARTS) is 1. The number of hydrogen-bond donors (Lipinski definition) is 1. The van der Waals surface area contributed by atoms with Crippen LogP contribution in [0.3, 0.4) is 0 Å². The molecule has 0 bridgehead atoms. The van der Waals surface area contributed by atoms with Gasteiger partial charge in [-0.25, -0.2) is 0 Å². The summed E-state index contributed by atoms with van der Waals surface area (Å²) in [5.74, 6) is -1.84. The SMILES string of the molecule is CN(Cc1ccoc1)C(=O)C1CCCC1C(=O)O. The van der Waals surface area contributed by atoms with Crippen LogP contribution in [0.1, 0.15) is 24.8 Å². The maximum atomic E-state index is 12.2. The van der Waals surface area contributed by atoms with Crippen molar-refractivity contribution in [2.75, 3.05) is 7.05 Å². The number of rotatable bonds is 4. The maximum absolute atomic E-state index is 12.2. The average molecular weight is 251 g/mol. The minimum Gasteiger partial charge on any atom is -0.481 e. The Morgan fingerprint density at radius 2 is 2.17 bits per heavy atom. The standard InChI is InChI=1S/C13H17NO4/c1-14(7-9-5-6-18-8-9)12(15)10-3-2-4-11(10)13(16)17/h5-6,8,10-11H,2-4,7H2,1H3,(H,16,17). The second-order valence-corrected chi connectivity index (χ2v) is 4.81. The van der Waals surface area contributed by atoms with Crippen LogP contribution in [0.5, 0.6) is 0 Å². The van der Waals surface area contributed by atoms with E-state index in [0.717, 1.165) is 12.0 Å². The maximum Gasteiger partial charge on any atom is 0.307 e. The van der Waals surface area contributed by atoms with Gasteiger partial charge in [-0.1, -0.05) is 6.42 Å². The molecule has 2 unspecified atom stereocenters. The van der Waals surface area contributed by atoms with Gasteiger partial charge >= 0.3 is 5.97 Å². The van der Waals surface area contributed by atoms with Crippen molar-refractivity contribution in [2.45, 2.75) is 25.8 Å². The third kappa shape index (κ3) is 2.55. The Kier molecular flexibility index (Phi) is 3.69. The molecule has 0 saturated heterocycles. The zero-order valence-electron chi connectivity index (χ0n) is 10.3. The van der Waals surface area contributed by atoms with Gasteiger partial charge in [-0.05, 0) is 18.9 Å². The van der Waals surface area contributed by atoms with Gasteiger partial charge in [0.1, 0.15) is 0 Å². The number of hydrogen-bond acceptors (Lipinski definition) is 3. The first-order valence-electron chi connectivity index (χ1n) is 6.08. The van der Waals surface area contributed by atoms with Gasteiger partial charge in [0.2, 0.25) is 5.91 Å². The van der Waals surface area contributed by atoms with Crippen LogP contribution in [0.4, 0.5) is 0 Å². The summed E-state index contributed by atoms with van der Waals surface area (Å²) in [6, 6.07) is 1.80. The number of nitrogens with zero attached hydrogens (tertiary/aromatic N) is 1. The van der Waals surface area contributed by atoms with E-state index in [1.165, 1.54) is 0 Å². The van der Waals surface area contributed by atoms with E-state index in [-0.39, 0.29) is 11.8 Å². The molecule has 0 radical (unpaired) electrons. The summed E-state index contributed by atoms with van der Waals surface area (Å²) in [5.41, 5.74) is 0.913. The summed E-state index contributed by atoms with van der Waals surface area (Å²) in [4.78, 5) is 24.9. The van der Waals surface area contributed by atoms with E-state index in [1.54, 1.807) is 30.5 Å². The van der Waals surface area contributed by atoms with Gasteiger partial charge in [-0.3, -0.25) is 9.59 Å². The van der Waals surface area contributed by atoms with Crippen molar-refractivity contribution in [1.29, 1.82) is 0 Å². The Morgan fingerprint density at radius 1 is 1.44 bits per heavy atom. The highest BCUT2D eigenvalue weighted by molar-refractivity contribution is 5.85. The molecule has 5 heteroatoms. The highest BCUT2D eigenvalue weighted by Crippen LogP contribution is 2.33. The summed E-state index contributed by atoms with van der Waals surface area (Å²) < 4.78 is 4.95. The van der Waals surface area contributed by atoms with E-state index in [0.29, 0.717) is 19.4 Å². The summed E-state index contributed by atoms with van der Waals surface area (Å²) in [6.45, 7) is 0.457. The number of aliphatic carboxylic acids is 1. The van der Waals surface area contributed by atoms with Gasteiger partial charge in [-0.15, -0.1) is 0 Å². The van der Waals surface area contributed by atoms with Gasteiger partial charge in [0, 0.05) is 19.2 Å².